The van der Waals surface area contributed by atoms with Crippen LogP contribution in [0.3, 0.4) is 0 Å². The summed E-state index contributed by atoms with van der Waals surface area (Å²) in [6.07, 6.45) is 0.764. The number of hydrogen-bond acceptors (Lipinski definition) is 4. The Kier molecular flexibility index (Phi) is 2.95. The van der Waals surface area contributed by atoms with E-state index >= 15 is 0 Å². The maximum atomic E-state index is 12.0. The first-order chi connectivity index (χ1) is 8.50. The lowest BCUT2D eigenvalue weighted by Gasteiger charge is -2.18. The van der Waals surface area contributed by atoms with Crippen molar-refractivity contribution in [3.05, 3.63) is 41.8 Å². The molecule has 1 heterocycles. The number of aliphatic imine (C=N–C) groups is 1. The van der Waals surface area contributed by atoms with E-state index in [-0.39, 0.29) is 11.5 Å². The predicted octanol–water partition coefficient (Wildman–Crippen LogP) is 2.49. The fourth-order valence-electron chi connectivity index (χ4n) is 2.00. The molecule has 0 radical (unpaired) electrons. The van der Waals surface area contributed by atoms with Crippen LogP contribution in [0.2, 0.25) is 0 Å². The van der Waals surface area contributed by atoms with Gasteiger partial charge in [-0.3, -0.25) is 4.79 Å². The van der Waals surface area contributed by atoms with Gasteiger partial charge < -0.3 is 9.84 Å². The molecule has 0 aliphatic carbocycles. The third kappa shape index (κ3) is 1.79. The largest absolute Gasteiger partial charge is 0.513 e. The molecule has 1 aliphatic heterocycles. The van der Waals surface area contributed by atoms with Gasteiger partial charge in [0.2, 0.25) is 0 Å². The zero-order valence-corrected chi connectivity index (χ0v) is 10.6. The normalized spacial score (nSPS) is 20.1. The van der Waals surface area contributed by atoms with Gasteiger partial charge in [-0.15, -0.1) is 0 Å². The van der Waals surface area contributed by atoms with E-state index in [0.717, 1.165) is 17.6 Å². The van der Waals surface area contributed by atoms with Crippen molar-refractivity contribution in [2.75, 3.05) is 7.11 Å². The fraction of sp³-hybridized carbons (Fsp3) is 0.286. The molecule has 1 aromatic rings. The highest BCUT2D eigenvalue weighted by Gasteiger charge is 2.41. The third-order valence-electron chi connectivity index (χ3n) is 3.11. The Balaban J connectivity index is 2.46. The standard InChI is InChI=1S/C14H15NO3/c1-14(2)12(15-11(8-16)13(14)17)9-4-6-10(18-3)7-5-9/h4-8,16H,1-3H3/b11-8-. The monoisotopic (exact) mass is 245 g/mol. The maximum absolute atomic E-state index is 12.0. The molecule has 94 valence electrons. The van der Waals surface area contributed by atoms with E-state index < -0.39 is 5.41 Å². The molecular formula is C14H15NO3. The smallest absolute Gasteiger partial charge is 0.195 e. The van der Waals surface area contributed by atoms with Gasteiger partial charge in [0, 0.05) is 0 Å². The van der Waals surface area contributed by atoms with Crippen molar-refractivity contribution in [3.8, 4) is 5.75 Å². The summed E-state index contributed by atoms with van der Waals surface area (Å²) in [5.41, 5.74) is 0.899. The SMILES string of the molecule is COc1ccc(C2=N/C(=C\O)C(=O)C2(C)C)cc1. The second-order valence-corrected chi connectivity index (χ2v) is 4.66. The molecule has 0 bridgehead atoms. The van der Waals surface area contributed by atoms with Gasteiger partial charge in [-0.1, -0.05) is 0 Å². The average molecular weight is 245 g/mol. The van der Waals surface area contributed by atoms with Crippen molar-refractivity contribution in [1.82, 2.24) is 0 Å². The molecule has 0 unspecified atom stereocenters. The summed E-state index contributed by atoms with van der Waals surface area (Å²) in [7, 11) is 1.60. The molecule has 1 N–H and O–H groups in total. The first-order valence-corrected chi connectivity index (χ1v) is 5.63. The summed E-state index contributed by atoms with van der Waals surface area (Å²) in [6, 6.07) is 7.35. The van der Waals surface area contributed by atoms with Crippen molar-refractivity contribution in [2.45, 2.75) is 13.8 Å². The van der Waals surface area contributed by atoms with Crippen LogP contribution in [-0.2, 0) is 4.79 Å². The van der Waals surface area contributed by atoms with Gasteiger partial charge >= 0.3 is 0 Å². The first-order valence-electron chi connectivity index (χ1n) is 5.63. The number of rotatable bonds is 2. The average Bonchev–Trinajstić information content (AvgIpc) is 2.61. The van der Waals surface area contributed by atoms with Crippen LogP contribution in [0.15, 0.2) is 41.2 Å². The number of benzene rings is 1. The van der Waals surface area contributed by atoms with Crippen LogP contribution in [0, 0.1) is 5.41 Å². The summed E-state index contributed by atoms with van der Waals surface area (Å²) in [5.74, 6) is 0.579. The number of ketones is 1. The van der Waals surface area contributed by atoms with E-state index in [1.165, 1.54) is 0 Å². The van der Waals surface area contributed by atoms with E-state index in [4.69, 9.17) is 9.84 Å². The molecule has 0 atom stereocenters. The molecule has 18 heavy (non-hydrogen) atoms. The molecule has 0 saturated carbocycles. The number of carbonyl (C=O) groups excluding carboxylic acids is 1. The fourth-order valence-corrected chi connectivity index (χ4v) is 2.00. The molecule has 0 fully saturated rings. The van der Waals surface area contributed by atoms with Crippen LogP contribution >= 0.6 is 0 Å². The van der Waals surface area contributed by atoms with Crippen LogP contribution in [0.1, 0.15) is 19.4 Å². The maximum Gasteiger partial charge on any atom is 0.195 e. The Morgan fingerprint density at radius 3 is 2.33 bits per heavy atom. The van der Waals surface area contributed by atoms with E-state index in [1.807, 2.05) is 24.3 Å². The minimum Gasteiger partial charge on any atom is -0.513 e. The Morgan fingerprint density at radius 2 is 1.89 bits per heavy atom. The Morgan fingerprint density at radius 1 is 1.28 bits per heavy atom. The Labute approximate surface area is 106 Å². The lowest BCUT2D eigenvalue weighted by molar-refractivity contribution is -0.119. The number of Topliss-reactive ketones (excluding diaryl/α,β-unsaturated/α-hetero) is 1. The molecular weight excluding hydrogens is 230 g/mol. The molecule has 4 nitrogen and oxygen atoms in total. The van der Waals surface area contributed by atoms with Crippen LogP contribution in [0.5, 0.6) is 5.75 Å². The Hall–Kier alpha value is -2.10. The van der Waals surface area contributed by atoms with Crippen LogP contribution < -0.4 is 4.74 Å². The molecule has 0 amide bonds. The Bertz CT molecular complexity index is 539. The summed E-state index contributed by atoms with van der Waals surface area (Å²) >= 11 is 0. The summed E-state index contributed by atoms with van der Waals surface area (Å²) in [4.78, 5) is 16.2. The van der Waals surface area contributed by atoms with Gasteiger partial charge in [0.25, 0.3) is 0 Å². The van der Waals surface area contributed by atoms with Gasteiger partial charge in [-0.05, 0) is 43.7 Å². The molecule has 0 saturated heterocycles. The number of aliphatic hydroxyl groups excluding tert-OH is 1. The molecule has 4 heteroatoms. The second-order valence-electron chi connectivity index (χ2n) is 4.66. The van der Waals surface area contributed by atoms with Gasteiger partial charge in [0.1, 0.15) is 17.7 Å². The van der Waals surface area contributed by atoms with Crippen molar-refractivity contribution in [2.24, 2.45) is 10.4 Å². The minimum atomic E-state index is -0.719. The van der Waals surface area contributed by atoms with E-state index in [2.05, 4.69) is 4.99 Å². The predicted molar refractivity (Wildman–Crippen MR) is 69.0 cm³/mol. The molecule has 1 aromatic carbocycles. The van der Waals surface area contributed by atoms with Gasteiger partial charge in [-0.2, -0.15) is 0 Å². The highest BCUT2D eigenvalue weighted by Crippen LogP contribution is 2.34. The lowest BCUT2D eigenvalue weighted by atomic mass is 9.81. The van der Waals surface area contributed by atoms with Crippen molar-refractivity contribution < 1.29 is 14.6 Å². The summed E-state index contributed by atoms with van der Waals surface area (Å²) < 4.78 is 5.09. The first kappa shape index (κ1) is 12.4. The number of methoxy groups -OCH3 is 1. The molecule has 0 aromatic heterocycles. The van der Waals surface area contributed by atoms with E-state index in [9.17, 15) is 4.79 Å². The highest BCUT2D eigenvalue weighted by atomic mass is 16.5. The topological polar surface area (TPSA) is 58.9 Å². The molecule has 0 spiro atoms. The van der Waals surface area contributed by atoms with Gasteiger partial charge in [0.05, 0.1) is 18.2 Å². The molecule has 2 rings (SSSR count). The number of aliphatic hydroxyl groups is 1. The third-order valence-corrected chi connectivity index (χ3v) is 3.11. The summed E-state index contributed by atoms with van der Waals surface area (Å²) in [5, 5.41) is 9.01. The number of hydrogen-bond donors (Lipinski definition) is 1. The number of nitrogens with zero attached hydrogens (tertiary/aromatic N) is 1. The zero-order valence-electron chi connectivity index (χ0n) is 10.6. The van der Waals surface area contributed by atoms with Crippen molar-refractivity contribution in [3.63, 3.8) is 0 Å². The number of ether oxygens (including phenoxy) is 1. The quantitative estimate of drug-likeness (QED) is 0.643. The minimum absolute atomic E-state index is 0.103. The van der Waals surface area contributed by atoms with Gasteiger partial charge in [0.15, 0.2) is 5.78 Å². The molecule has 1 aliphatic rings. The van der Waals surface area contributed by atoms with Crippen molar-refractivity contribution >= 4 is 11.5 Å². The van der Waals surface area contributed by atoms with E-state index in [1.54, 1.807) is 21.0 Å². The van der Waals surface area contributed by atoms with Crippen LogP contribution in [0.4, 0.5) is 0 Å². The van der Waals surface area contributed by atoms with Crippen molar-refractivity contribution in [1.29, 1.82) is 0 Å². The summed E-state index contributed by atoms with van der Waals surface area (Å²) in [6.45, 7) is 3.60. The zero-order chi connectivity index (χ0) is 13.3. The number of allylic oxidation sites excluding steroid dienone is 1. The van der Waals surface area contributed by atoms with Gasteiger partial charge in [-0.25, -0.2) is 4.99 Å². The lowest BCUT2D eigenvalue weighted by Crippen LogP contribution is -2.29. The van der Waals surface area contributed by atoms with Crippen LogP contribution in [-0.4, -0.2) is 23.7 Å². The van der Waals surface area contributed by atoms with Crippen LogP contribution in [0.25, 0.3) is 0 Å². The second kappa shape index (κ2) is 4.29. The number of carbonyl (C=O) groups is 1. The highest BCUT2D eigenvalue weighted by molar-refractivity contribution is 6.26. The van der Waals surface area contributed by atoms with E-state index in [0.29, 0.717) is 5.71 Å².